The molecule has 0 unspecified atom stereocenters. The van der Waals surface area contributed by atoms with Gasteiger partial charge in [-0.3, -0.25) is 4.90 Å². The van der Waals surface area contributed by atoms with Crippen LogP contribution in [-0.4, -0.2) is 43.1 Å². The molecule has 1 aliphatic heterocycles. The normalized spacial score (nSPS) is 17.8. The predicted octanol–water partition coefficient (Wildman–Crippen LogP) is 4.28. The summed E-state index contributed by atoms with van der Waals surface area (Å²) in [4.78, 5) is 12.1. The highest BCUT2D eigenvalue weighted by Gasteiger charge is 2.27. The van der Waals surface area contributed by atoms with Gasteiger partial charge < -0.3 is 9.13 Å². The van der Waals surface area contributed by atoms with E-state index in [2.05, 4.69) is 51.1 Å². The summed E-state index contributed by atoms with van der Waals surface area (Å²) in [6, 6.07) is 7.48. The SMILES string of the molecule is CC.Cc1cnc(C)n1-c1ccc2c(c1)nc1n2CCN(C2CCC2)CC1. The second kappa shape index (κ2) is 7.47. The summed E-state index contributed by atoms with van der Waals surface area (Å²) in [6.07, 6.45) is 7.16. The van der Waals surface area contributed by atoms with E-state index in [1.807, 2.05) is 20.0 Å². The molecule has 5 heteroatoms. The van der Waals surface area contributed by atoms with Gasteiger partial charge in [-0.15, -0.1) is 0 Å². The number of imidazole rings is 2. The van der Waals surface area contributed by atoms with E-state index >= 15 is 0 Å². The zero-order valence-corrected chi connectivity index (χ0v) is 17.1. The highest BCUT2D eigenvalue weighted by molar-refractivity contribution is 5.78. The molecule has 3 heterocycles. The van der Waals surface area contributed by atoms with Gasteiger partial charge in [0.1, 0.15) is 11.6 Å². The topological polar surface area (TPSA) is 38.9 Å². The standard InChI is InChI=1S/C20H25N5.C2H6/c1-14-13-21-15(2)25(14)17-6-7-19-18(12-17)22-20-8-9-23(10-11-24(19)20)16-4-3-5-16;1-2/h6-7,12-13,16H,3-5,8-11H2,1-2H3;1-2H3. The molecule has 0 spiro atoms. The van der Waals surface area contributed by atoms with Crippen molar-refractivity contribution in [3.8, 4) is 5.69 Å². The smallest absolute Gasteiger partial charge is 0.111 e. The first-order valence-electron chi connectivity index (χ1n) is 10.5. The van der Waals surface area contributed by atoms with Gasteiger partial charge in [-0.2, -0.15) is 0 Å². The fraction of sp³-hybridized carbons (Fsp3) is 0.545. The molecule has 1 saturated carbocycles. The summed E-state index contributed by atoms with van der Waals surface area (Å²) in [7, 11) is 0. The number of benzene rings is 1. The Morgan fingerprint density at radius 2 is 1.85 bits per heavy atom. The van der Waals surface area contributed by atoms with Crippen LogP contribution in [-0.2, 0) is 13.0 Å². The summed E-state index contributed by atoms with van der Waals surface area (Å²) in [5.74, 6) is 2.27. The molecule has 0 bridgehead atoms. The average Bonchev–Trinajstić information content (AvgIpc) is 3.08. The van der Waals surface area contributed by atoms with Gasteiger partial charge in [-0.1, -0.05) is 20.3 Å². The number of rotatable bonds is 2. The third-order valence-corrected chi connectivity index (χ3v) is 6.01. The van der Waals surface area contributed by atoms with E-state index in [-0.39, 0.29) is 0 Å². The molecule has 5 nitrogen and oxygen atoms in total. The number of nitrogens with zero attached hydrogens (tertiary/aromatic N) is 5. The van der Waals surface area contributed by atoms with E-state index < -0.39 is 0 Å². The van der Waals surface area contributed by atoms with Crippen LogP contribution in [0.2, 0.25) is 0 Å². The van der Waals surface area contributed by atoms with E-state index in [0.29, 0.717) is 0 Å². The number of hydrogen-bond donors (Lipinski definition) is 0. The average molecular weight is 366 g/mol. The van der Waals surface area contributed by atoms with Gasteiger partial charge in [-0.25, -0.2) is 9.97 Å². The van der Waals surface area contributed by atoms with Crippen LogP contribution in [0.3, 0.4) is 0 Å². The predicted molar refractivity (Wildman–Crippen MR) is 111 cm³/mol. The summed E-state index contributed by atoms with van der Waals surface area (Å²) in [5, 5.41) is 0. The van der Waals surface area contributed by atoms with Crippen molar-refractivity contribution < 1.29 is 0 Å². The summed E-state index contributed by atoms with van der Waals surface area (Å²) >= 11 is 0. The monoisotopic (exact) mass is 365 g/mol. The minimum absolute atomic E-state index is 0.828. The van der Waals surface area contributed by atoms with Gasteiger partial charge >= 0.3 is 0 Å². The lowest BCUT2D eigenvalue weighted by atomic mass is 9.91. The van der Waals surface area contributed by atoms with Crippen LogP contribution in [0.5, 0.6) is 0 Å². The van der Waals surface area contributed by atoms with Crippen molar-refractivity contribution in [2.75, 3.05) is 13.1 Å². The third kappa shape index (κ3) is 3.18. The molecule has 3 aromatic rings. The number of hydrogen-bond acceptors (Lipinski definition) is 3. The molecular formula is C22H31N5. The fourth-order valence-corrected chi connectivity index (χ4v) is 4.40. The molecule has 1 fully saturated rings. The second-order valence-electron chi connectivity index (χ2n) is 7.51. The molecule has 0 atom stereocenters. The Morgan fingerprint density at radius 3 is 2.52 bits per heavy atom. The molecule has 1 aromatic carbocycles. The van der Waals surface area contributed by atoms with E-state index in [9.17, 15) is 0 Å². The molecule has 27 heavy (non-hydrogen) atoms. The molecular weight excluding hydrogens is 334 g/mol. The van der Waals surface area contributed by atoms with Gasteiger partial charge in [0.2, 0.25) is 0 Å². The van der Waals surface area contributed by atoms with Crippen LogP contribution in [0.25, 0.3) is 16.7 Å². The van der Waals surface area contributed by atoms with E-state index in [4.69, 9.17) is 4.98 Å². The number of aromatic nitrogens is 4. The quantitative estimate of drug-likeness (QED) is 0.680. The van der Waals surface area contributed by atoms with E-state index in [1.54, 1.807) is 0 Å². The Kier molecular flexibility index (Phi) is 5.04. The van der Waals surface area contributed by atoms with Crippen molar-refractivity contribution in [2.24, 2.45) is 0 Å². The Balaban J connectivity index is 0.000000872. The molecule has 0 amide bonds. The van der Waals surface area contributed by atoms with Gasteiger partial charge in [0.25, 0.3) is 0 Å². The van der Waals surface area contributed by atoms with Crippen LogP contribution in [0, 0.1) is 13.8 Å². The first kappa shape index (κ1) is 18.2. The lowest BCUT2D eigenvalue weighted by molar-refractivity contribution is 0.130. The first-order chi connectivity index (χ1) is 13.2. The molecule has 1 aliphatic carbocycles. The zero-order valence-electron chi connectivity index (χ0n) is 17.1. The van der Waals surface area contributed by atoms with Crippen molar-refractivity contribution in [1.29, 1.82) is 0 Å². The second-order valence-corrected chi connectivity index (χ2v) is 7.51. The van der Waals surface area contributed by atoms with E-state index in [0.717, 1.165) is 54.8 Å². The Labute approximate surface area is 162 Å². The van der Waals surface area contributed by atoms with Crippen LogP contribution in [0.4, 0.5) is 0 Å². The van der Waals surface area contributed by atoms with Gasteiger partial charge in [0.05, 0.1) is 11.0 Å². The third-order valence-electron chi connectivity index (χ3n) is 6.01. The van der Waals surface area contributed by atoms with Crippen molar-refractivity contribution in [3.63, 3.8) is 0 Å². The van der Waals surface area contributed by atoms with Crippen molar-refractivity contribution in [1.82, 2.24) is 24.0 Å². The minimum Gasteiger partial charge on any atom is -0.327 e. The molecule has 0 saturated heterocycles. The molecule has 2 aliphatic rings. The van der Waals surface area contributed by atoms with Gasteiger partial charge in [0, 0.05) is 49.7 Å². The molecule has 5 rings (SSSR count). The maximum atomic E-state index is 4.98. The van der Waals surface area contributed by atoms with Crippen molar-refractivity contribution >= 4 is 11.0 Å². The van der Waals surface area contributed by atoms with Crippen LogP contribution in [0.1, 0.15) is 50.5 Å². The lowest BCUT2D eigenvalue weighted by Crippen LogP contribution is -2.41. The minimum atomic E-state index is 0.828. The Morgan fingerprint density at radius 1 is 1.04 bits per heavy atom. The number of aryl methyl sites for hydroxylation is 2. The van der Waals surface area contributed by atoms with Crippen molar-refractivity contribution in [2.45, 2.75) is 66.0 Å². The molecule has 144 valence electrons. The maximum Gasteiger partial charge on any atom is 0.111 e. The summed E-state index contributed by atoms with van der Waals surface area (Å²) in [6.45, 7) is 11.5. The fourth-order valence-electron chi connectivity index (χ4n) is 4.40. The number of fused-ring (bicyclic) bond motifs is 3. The molecule has 0 N–H and O–H groups in total. The maximum absolute atomic E-state index is 4.98. The summed E-state index contributed by atoms with van der Waals surface area (Å²) < 4.78 is 4.63. The first-order valence-corrected chi connectivity index (χ1v) is 10.5. The van der Waals surface area contributed by atoms with Gasteiger partial charge in [-0.05, 0) is 44.9 Å². The summed E-state index contributed by atoms with van der Waals surface area (Å²) in [5.41, 5.74) is 4.69. The van der Waals surface area contributed by atoms with Crippen LogP contribution >= 0.6 is 0 Å². The highest BCUT2D eigenvalue weighted by Crippen LogP contribution is 2.28. The largest absolute Gasteiger partial charge is 0.327 e. The van der Waals surface area contributed by atoms with E-state index in [1.165, 1.54) is 30.6 Å². The van der Waals surface area contributed by atoms with Crippen LogP contribution < -0.4 is 0 Å². The van der Waals surface area contributed by atoms with Crippen LogP contribution in [0.15, 0.2) is 24.4 Å². The molecule has 2 aromatic heterocycles. The van der Waals surface area contributed by atoms with Gasteiger partial charge in [0.15, 0.2) is 0 Å². The molecule has 0 radical (unpaired) electrons. The van der Waals surface area contributed by atoms with Crippen molar-refractivity contribution in [3.05, 3.63) is 41.7 Å². The lowest BCUT2D eigenvalue weighted by Gasteiger charge is -2.36. The zero-order chi connectivity index (χ0) is 19.0. The Hall–Kier alpha value is -2.14. The highest BCUT2D eigenvalue weighted by atomic mass is 15.2. The Bertz CT molecular complexity index is 912.